The van der Waals surface area contributed by atoms with Crippen molar-refractivity contribution in [1.29, 1.82) is 0 Å². The Hall–Kier alpha value is 0.110. The van der Waals surface area contributed by atoms with Gasteiger partial charge in [-0.1, -0.05) is 182 Å². The molecule has 0 aliphatic heterocycles. The van der Waals surface area contributed by atoms with Crippen LogP contribution < -0.4 is 0 Å². The van der Waals surface area contributed by atoms with E-state index >= 15 is 0 Å². The average Bonchev–Trinajstić information content (AvgIpc) is 2.96. The number of phosphoric acid groups is 1. The Balaban J connectivity index is 5.56. The number of phosphoric ester groups is 1. The van der Waals surface area contributed by atoms with Gasteiger partial charge in [0.05, 0.1) is 18.8 Å². The standard InChI is InChI=1S/C36H75O4P/c1-6-11-16-20-23-27-32-36(31-26-15-10-5,33-28-24-21-17-12-7-2)40-41(37,38-34-29-19-14-9-4)39-35-30-25-22-18-13-8-3/h6-35H2,1-5H3. The van der Waals surface area contributed by atoms with Gasteiger partial charge in [0.15, 0.2) is 0 Å². The molecule has 0 amide bonds. The van der Waals surface area contributed by atoms with Crippen LogP contribution in [0.4, 0.5) is 0 Å². The molecule has 0 aliphatic rings. The normalized spacial score (nSPS) is 13.6. The Morgan fingerprint density at radius 2 is 0.659 bits per heavy atom. The fourth-order valence-corrected chi connectivity index (χ4v) is 7.39. The summed E-state index contributed by atoms with van der Waals surface area (Å²) in [5.41, 5.74) is -0.398. The van der Waals surface area contributed by atoms with Gasteiger partial charge in [0.1, 0.15) is 0 Å². The van der Waals surface area contributed by atoms with E-state index in [-0.39, 0.29) is 0 Å². The molecule has 0 radical (unpaired) electrons. The second-order valence-corrected chi connectivity index (χ2v) is 14.3. The van der Waals surface area contributed by atoms with Crippen LogP contribution in [0.5, 0.6) is 0 Å². The molecule has 1 atom stereocenters. The van der Waals surface area contributed by atoms with Gasteiger partial charge in [0.25, 0.3) is 0 Å². The Morgan fingerprint density at radius 1 is 0.390 bits per heavy atom. The number of unbranched alkanes of at least 4 members (excludes halogenated alkanes) is 20. The van der Waals surface area contributed by atoms with Crippen LogP contribution >= 0.6 is 7.82 Å². The molecule has 0 rings (SSSR count). The highest BCUT2D eigenvalue weighted by atomic mass is 31.2. The van der Waals surface area contributed by atoms with Crippen molar-refractivity contribution in [3.05, 3.63) is 0 Å². The lowest BCUT2D eigenvalue weighted by Crippen LogP contribution is -2.33. The van der Waals surface area contributed by atoms with Crippen molar-refractivity contribution in [3.8, 4) is 0 Å². The Kier molecular flexibility index (Phi) is 30.2. The minimum absolute atomic E-state index is 0.398. The summed E-state index contributed by atoms with van der Waals surface area (Å²) in [7, 11) is -3.63. The zero-order chi connectivity index (χ0) is 30.3. The molecule has 0 N–H and O–H groups in total. The summed E-state index contributed by atoms with van der Waals surface area (Å²) in [5, 5.41) is 0. The molecule has 0 saturated carbocycles. The van der Waals surface area contributed by atoms with E-state index in [0.717, 1.165) is 64.2 Å². The van der Waals surface area contributed by atoms with Crippen molar-refractivity contribution < 1.29 is 18.1 Å². The van der Waals surface area contributed by atoms with Gasteiger partial charge in [-0.05, 0) is 32.1 Å². The fourth-order valence-electron chi connectivity index (χ4n) is 5.76. The van der Waals surface area contributed by atoms with Gasteiger partial charge < -0.3 is 0 Å². The lowest BCUT2D eigenvalue weighted by Gasteiger charge is -2.37. The summed E-state index contributed by atoms with van der Waals surface area (Å²) in [4.78, 5) is 0. The van der Waals surface area contributed by atoms with Crippen molar-refractivity contribution in [2.24, 2.45) is 0 Å². The zero-order valence-corrected chi connectivity index (χ0v) is 29.7. The van der Waals surface area contributed by atoms with Crippen LogP contribution in [0.25, 0.3) is 0 Å². The van der Waals surface area contributed by atoms with Gasteiger partial charge in [-0.15, -0.1) is 0 Å². The highest BCUT2D eigenvalue weighted by molar-refractivity contribution is 7.48. The smallest absolute Gasteiger partial charge is 0.287 e. The number of hydrogen-bond acceptors (Lipinski definition) is 4. The first-order chi connectivity index (χ1) is 20.0. The summed E-state index contributed by atoms with van der Waals surface area (Å²) in [6, 6.07) is 0. The monoisotopic (exact) mass is 603 g/mol. The summed E-state index contributed by atoms with van der Waals surface area (Å²) in [5.74, 6) is 0. The molecular formula is C36H75O4P. The minimum atomic E-state index is -3.63. The molecule has 0 aromatic rings. The van der Waals surface area contributed by atoms with E-state index in [0.29, 0.717) is 13.2 Å². The topological polar surface area (TPSA) is 44.8 Å². The summed E-state index contributed by atoms with van der Waals surface area (Å²) in [6.45, 7) is 12.2. The van der Waals surface area contributed by atoms with Crippen LogP contribution in [-0.4, -0.2) is 18.8 Å². The largest absolute Gasteiger partial charge is 0.475 e. The first kappa shape index (κ1) is 41.1. The predicted octanol–water partition coefficient (Wildman–Crippen LogP) is 13.9. The number of rotatable bonds is 34. The highest BCUT2D eigenvalue weighted by Gasteiger charge is 2.40. The molecular weight excluding hydrogens is 527 g/mol. The Morgan fingerprint density at radius 3 is 1.05 bits per heavy atom. The molecule has 4 nitrogen and oxygen atoms in total. The molecule has 248 valence electrons. The minimum Gasteiger partial charge on any atom is -0.287 e. The van der Waals surface area contributed by atoms with Crippen LogP contribution in [0, 0.1) is 0 Å². The van der Waals surface area contributed by atoms with E-state index in [2.05, 4.69) is 34.6 Å². The van der Waals surface area contributed by atoms with Gasteiger partial charge in [0.2, 0.25) is 0 Å². The molecule has 0 heterocycles. The molecule has 0 fully saturated rings. The maximum absolute atomic E-state index is 14.3. The highest BCUT2D eigenvalue weighted by Crippen LogP contribution is 2.56. The summed E-state index contributed by atoms with van der Waals surface area (Å²) >= 11 is 0. The lowest BCUT2D eigenvalue weighted by molar-refractivity contribution is -0.0145. The van der Waals surface area contributed by atoms with E-state index in [1.807, 2.05) is 0 Å². The molecule has 1 unspecified atom stereocenters. The first-order valence-corrected chi connectivity index (χ1v) is 20.1. The Labute approximate surface area is 258 Å². The van der Waals surface area contributed by atoms with Crippen LogP contribution in [0.2, 0.25) is 0 Å². The summed E-state index contributed by atoms with van der Waals surface area (Å²) in [6.07, 6.45) is 33.0. The van der Waals surface area contributed by atoms with E-state index in [4.69, 9.17) is 13.6 Å². The van der Waals surface area contributed by atoms with Gasteiger partial charge in [-0.25, -0.2) is 4.57 Å². The van der Waals surface area contributed by atoms with Crippen LogP contribution in [0.1, 0.15) is 214 Å². The molecule has 0 bridgehead atoms. The molecule has 0 aromatic heterocycles. The van der Waals surface area contributed by atoms with Crippen LogP contribution in [0.15, 0.2) is 0 Å². The molecule has 0 aromatic carbocycles. The maximum Gasteiger partial charge on any atom is 0.475 e. The second-order valence-electron chi connectivity index (χ2n) is 12.7. The van der Waals surface area contributed by atoms with Crippen LogP contribution in [-0.2, 0) is 18.1 Å². The van der Waals surface area contributed by atoms with Gasteiger partial charge in [-0.2, -0.15) is 0 Å². The average molecular weight is 603 g/mol. The van der Waals surface area contributed by atoms with Crippen molar-refractivity contribution in [1.82, 2.24) is 0 Å². The fraction of sp³-hybridized carbons (Fsp3) is 1.00. The molecule has 0 spiro atoms. The van der Waals surface area contributed by atoms with Gasteiger partial charge >= 0.3 is 7.82 Å². The van der Waals surface area contributed by atoms with E-state index < -0.39 is 13.4 Å². The van der Waals surface area contributed by atoms with Gasteiger partial charge in [0, 0.05) is 0 Å². The summed E-state index contributed by atoms with van der Waals surface area (Å²) < 4.78 is 33.3. The maximum atomic E-state index is 14.3. The predicted molar refractivity (Wildman–Crippen MR) is 181 cm³/mol. The van der Waals surface area contributed by atoms with Crippen LogP contribution in [0.3, 0.4) is 0 Å². The first-order valence-electron chi connectivity index (χ1n) is 18.6. The Bertz CT molecular complexity index is 552. The van der Waals surface area contributed by atoms with Crippen molar-refractivity contribution in [3.63, 3.8) is 0 Å². The van der Waals surface area contributed by atoms with Crippen molar-refractivity contribution in [2.45, 2.75) is 220 Å². The number of hydrogen-bond donors (Lipinski definition) is 0. The SMILES string of the molecule is CCCCCCCCOP(=O)(OCCCCCC)OC(CCCCC)(CCCCCCCC)CCCCCCCC. The molecule has 5 heteroatoms. The molecule has 41 heavy (non-hydrogen) atoms. The third-order valence-corrected chi connectivity index (χ3v) is 10.1. The van der Waals surface area contributed by atoms with E-state index in [1.165, 1.54) is 116 Å². The molecule has 0 aliphatic carbocycles. The zero-order valence-electron chi connectivity index (χ0n) is 28.8. The van der Waals surface area contributed by atoms with Gasteiger partial charge in [-0.3, -0.25) is 13.6 Å². The lowest BCUT2D eigenvalue weighted by atomic mass is 9.85. The quantitative estimate of drug-likeness (QED) is 0.0543. The van der Waals surface area contributed by atoms with E-state index in [1.54, 1.807) is 0 Å². The third kappa shape index (κ3) is 25.2. The van der Waals surface area contributed by atoms with Crippen molar-refractivity contribution in [2.75, 3.05) is 13.2 Å². The molecule has 0 saturated heterocycles. The van der Waals surface area contributed by atoms with Crippen molar-refractivity contribution >= 4 is 7.82 Å². The third-order valence-electron chi connectivity index (χ3n) is 8.51. The second kappa shape index (κ2) is 30.1. The van der Waals surface area contributed by atoms with E-state index in [9.17, 15) is 4.57 Å².